The Hall–Kier alpha value is -3.02. The van der Waals surface area contributed by atoms with Crippen molar-refractivity contribution >= 4 is 35.6 Å². The molecule has 16 nitrogen and oxygen atoms in total. The zero-order valence-corrected chi connectivity index (χ0v) is 20.9. The third kappa shape index (κ3) is 12.5. The molecule has 2 aliphatic rings. The number of nitrogens with zero attached hydrogens (tertiary/aromatic N) is 2. The zero-order chi connectivity index (χ0) is 27.6. The Morgan fingerprint density at radius 3 is 0.947 bits per heavy atom. The molecular formula is C22H32N2O14. The summed E-state index contributed by atoms with van der Waals surface area (Å²) in [5, 5.41) is 0.922. The fraction of sp³-hybridized carbons (Fsp3) is 0.727. The standard InChI is InChI=1S/C22H32N2O14/c25-17-1-2-18(26)23(17)37-21(29)15-35-13-11-33-9-7-31-5-6-32-8-10-34-12-14-36-16-22(30)38-24-19(27)3-4-20(24)28/h1-16H2. The van der Waals surface area contributed by atoms with E-state index >= 15 is 0 Å². The van der Waals surface area contributed by atoms with Gasteiger partial charge in [0, 0.05) is 25.7 Å². The molecule has 214 valence electrons. The third-order valence-electron chi connectivity index (χ3n) is 4.70. The number of amides is 4. The topological polar surface area (TPSA) is 183 Å². The van der Waals surface area contributed by atoms with Gasteiger partial charge >= 0.3 is 11.9 Å². The van der Waals surface area contributed by atoms with E-state index in [1.54, 1.807) is 0 Å². The monoisotopic (exact) mass is 548 g/mol. The molecule has 2 heterocycles. The summed E-state index contributed by atoms with van der Waals surface area (Å²) in [6.45, 7) is 1.85. The maximum Gasteiger partial charge on any atom is 0.358 e. The zero-order valence-electron chi connectivity index (χ0n) is 20.9. The van der Waals surface area contributed by atoms with Crippen molar-refractivity contribution in [3.05, 3.63) is 0 Å². The Balaban J connectivity index is 1.26. The maximum absolute atomic E-state index is 11.5. The minimum atomic E-state index is -0.843. The summed E-state index contributed by atoms with van der Waals surface area (Å²) in [5.74, 6) is -3.89. The van der Waals surface area contributed by atoms with Crippen LogP contribution in [0.3, 0.4) is 0 Å². The van der Waals surface area contributed by atoms with Crippen molar-refractivity contribution in [2.45, 2.75) is 25.7 Å². The number of hydrogen-bond acceptors (Lipinski definition) is 14. The number of imide groups is 2. The SMILES string of the molecule is O=C(COCCOCCOCCOCCOCCOCC(=O)ON1C(=O)CCC1=O)ON1C(=O)CCC1=O. The quantitative estimate of drug-likeness (QED) is 0.117. The van der Waals surface area contributed by atoms with Crippen molar-refractivity contribution in [2.24, 2.45) is 0 Å². The van der Waals surface area contributed by atoms with Crippen LogP contribution < -0.4 is 0 Å². The van der Waals surface area contributed by atoms with E-state index in [1.807, 2.05) is 0 Å². The smallest absolute Gasteiger partial charge is 0.358 e. The number of carbonyl (C=O) groups is 6. The van der Waals surface area contributed by atoms with E-state index < -0.39 is 48.8 Å². The second kappa shape index (κ2) is 18.3. The highest BCUT2D eigenvalue weighted by Crippen LogP contribution is 2.12. The van der Waals surface area contributed by atoms with Gasteiger partial charge in [-0.3, -0.25) is 19.2 Å². The van der Waals surface area contributed by atoms with Crippen molar-refractivity contribution in [2.75, 3.05) is 79.3 Å². The van der Waals surface area contributed by atoms with Crippen molar-refractivity contribution in [3.63, 3.8) is 0 Å². The second-order valence-electron chi connectivity index (χ2n) is 7.64. The molecule has 0 aromatic carbocycles. The first-order valence-electron chi connectivity index (χ1n) is 12.0. The van der Waals surface area contributed by atoms with Crippen LogP contribution in [0, 0.1) is 0 Å². The third-order valence-corrected chi connectivity index (χ3v) is 4.70. The summed E-state index contributed by atoms with van der Waals surface area (Å²) in [6, 6.07) is 0. The van der Waals surface area contributed by atoms with E-state index in [0.29, 0.717) is 49.8 Å². The molecule has 4 amide bonds. The fourth-order valence-corrected chi connectivity index (χ4v) is 2.88. The minimum absolute atomic E-state index is 0.0273. The van der Waals surface area contributed by atoms with Crippen molar-refractivity contribution in [3.8, 4) is 0 Å². The summed E-state index contributed by atoms with van der Waals surface area (Å²) < 4.78 is 31.3. The van der Waals surface area contributed by atoms with Crippen LogP contribution in [0.25, 0.3) is 0 Å². The first kappa shape index (κ1) is 31.2. The number of carbonyl (C=O) groups excluding carboxylic acids is 6. The van der Waals surface area contributed by atoms with Crippen LogP contribution in [0.2, 0.25) is 0 Å². The molecule has 2 aliphatic heterocycles. The van der Waals surface area contributed by atoms with Gasteiger partial charge in [0.2, 0.25) is 0 Å². The molecule has 2 saturated heterocycles. The highest BCUT2D eigenvalue weighted by atomic mass is 16.7. The number of hydrogen-bond donors (Lipinski definition) is 0. The van der Waals surface area contributed by atoms with Gasteiger partial charge in [0.05, 0.1) is 66.1 Å². The lowest BCUT2D eigenvalue weighted by molar-refractivity contribution is -0.200. The lowest BCUT2D eigenvalue weighted by Gasteiger charge is -2.12. The largest absolute Gasteiger partial charge is 0.377 e. The van der Waals surface area contributed by atoms with Crippen LogP contribution in [-0.4, -0.2) is 125 Å². The summed E-state index contributed by atoms with van der Waals surface area (Å²) in [5.41, 5.74) is 0. The Kier molecular flexibility index (Phi) is 15.0. The molecule has 0 aromatic heterocycles. The van der Waals surface area contributed by atoms with Crippen LogP contribution in [0.5, 0.6) is 0 Å². The number of ether oxygens (including phenoxy) is 6. The van der Waals surface area contributed by atoms with Gasteiger partial charge in [-0.25, -0.2) is 9.59 Å². The number of hydroxylamine groups is 4. The Bertz CT molecular complexity index is 722. The Morgan fingerprint density at radius 1 is 0.447 bits per heavy atom. The average Bonchev–Trinajstić information content (AvgIpc) is 3.38. The van der Waals surface area contributed by atoms with Crippen molar-refractivity contribution in [1.29, 1.82) is 0 Å². The van der Waals surface area contributed by atoms with E-state index in [9.17, 15) is 28.8 Å². The highest BCUT2D eigenvalue weighted by molar-refractivity contribution is 6.02. The molecule has 0 spiro atoms. The first-order chi connectivity index (χ1) is 18.4. The van der Waals surface area contributed by atoms with E-state index in [-0.39, 0.29) is 52.1 Å². The summed E-state index contributed by atoms with van der Waals surface area (Å²) >= 11 is 0. The van der Waals surface area contributed by atoms with E-state index in [4.69, 9.17) is 28.4 Å². The molecule has 0 saturated carbocycles. The van der Waals surface area contributed by atoms with E-state index in [2.05, 4.69) is 9.68 Å². The molecule has 38 heavy (non-hydrogen) atoms. The van der Waals surface area contributed by atoms with Gasteiger partial charge in [0.25, 0.3) is 23.6 Å². The lowest BCUT2D eigenvalue weighted by atomic mass is 10.4. The molecular weight excluding hydrogens is 516 g/mol. The second-order valence-corrected chi connectivity index (χ2v) is 7.64. The van der Waals surface area contributed by atoms with E-state index in [0.717, 1.165) is 0 Å². The number of rotatable bonds is 21. The van der Waals surface area contributed by atoms with Crippen LogP contribution in [0.4, 0.5) is 0 Å². The van der Waals surface area contributed by atoms with Gasteiger partial charge in [0.1, 0.15) is 13.2 Å². The molecule has 0 aromatic rings. The Morgan fingerprint density at radius 2 is 0.684 bits per heavy atom. The van der Waals surface area contributed by atoms with Gasteiger partial charge in [-0.1, -0.05) is 0 Å². The van der Waals surface area contributed by atoms with E-state index in [1.165, 1.54) is 0 Å². The van der Waals surface area contributed by atoms with Crippen LogP contribution in [0.1, 0.15) is 25.7 Å². The molecule has 0 atom stereocenters. The molecule has 0 bridgehead atoms. The summed E-state index contributed by atoms with van der Waals surface area (Å²) in [7, 11) is 0. The summed E-state index contributed by atoms with van der Waals surface area (Å²) in [6.07, 6.45) is 0.109. The van der Waals surface area contributed by atoms with Gasteiger partial charge < -0.3 is 38.1 Å². The van der Waals surface area contributed by atoms with Crippen LogP contribution in [0.15, 0.2) is 0 Å². The maximum atomic E-state index is 11.5. The fourth-order valence-electron chi connectivity index (χ4n) is 2.88. The van der Waals surface area contributed by atoms with Gasteiger partial charge in [-0.2, -0.15) is 0 Å². The van der Waals surface area contributed by atoms with Crippen molar-refractivity contribution < 1.29 is 66.9 Å². The molecule has 2 rings (SSSR count). The minimum Gasteiger partial charge on any atom is -0.377 e. The predicted octanol–water partition coefficient (Wildman–Crippen LogP) is -1.70. The first-order valence-corrected chi connectivity index (χ1v) is 12.0. The summed E-state index contributed by atoms with van der Waals surface area (Å²) in [4.78, 5) is 77.7. The van der Waals surface area contributed by atoms with Crippen molar-refractivity contribution in [1.82, 2.24) is 10.1 Å². The van der Waals surface area contributed by atoms with Gasteiger partial charge in [-0.05, 0) is 0 Å². The molecule has 2 fully saturated rings. The molecule has 0 aliphatic carbocycles. The molecule has 0 unspecified atom stereocenters. The van der Waals surface area contributed by atoms with Gasteiger partial charge in [-0.15, -0.1) is 10.1 Å². The normalized spacial score (nSPS) is 15.6. The lowest BCUT2D eigenvalue weighted by Crippen LogP contribution is -2.33. The highest BCUT2D eigenvalue weighted by Gasteiger charge is 2.33. The predicted molar refractivity (Wildman–Crippen MR) is 119 cm³/mol. The molecule has 16 heteroatoms. The average molecular weight is 548 g/mol. The molecule has 0 N–H and O–H groups in total. The molecule has 0 radical (unpaired) electrons. The van der Waals surface area contributed by atoms with Gasteiger partial charge in [0.15, 0.2) is 0 Å². The van der Waals surface area contributed by atoms with Crippen LogP contribution >= 0.6 is 0 Å². The van der Waals surface area contributed by atoms with Crippen LogP contribution in [-0.2, 0) is 66.9 Å². The Labute approximate surface area is 218 Å².